The van der Waals surface area contributed by atoms with Crippen LogP contribution in [-0.2, 0) is 0 Å². The second kappa shape index (κ2) is 6.84. The van der Waals surface area contributed by atoms with E-state index in [1.807, 2.05) is 30.3 Å². The maximum Gasteiger partial charge on any atom is 0.264 e. The van der Waals surface area contributed by atoms with Crippen LogP contribution in [-0.4, -0.2) is 54.1 Å². The number of hydrogen-bond donors (Lipinski definition) is 1. The molecule has 0 bridgehead atoms. The average Bonchev–Trinajstić information content (AvgIpc) is 3.02. The van der Waals surface area contributed by atoms with Gasteiger partial charge < -0.3 is 20.1 Å². The lowest BCUT2D eigenvalue weighted by atomic mass is 9.95. The summed E-state index contributed by atoms with van der Waals surface area (Å²) in [6, 6.07) is 9.85. The first kappa shape index (κ1) is 16.2. The van der Waals surface area contributed by atoms with E-state index in [9.17, 15) is 4.79 Å². The third-order valence-corrected chi connectivity index (χ3v) is 4.26. The number of amides is 1. The van der Waals surface area contributed by atoms with Gasteiger partial charge >= 0.3 is 0 Å². The Hall–Kier alpha value is -2.67. The summed E-state index contributed by atoms with van der Waals surface area (Å²) >= 11 is 0. The van der Waals surface area contributed by atoms with Gasteiger partial charge in [-0.15, -0.1) is 0 Å². The van der Waals surface area contributed by atoms with Gasteiger partial charge in [-0.05, 0) is 5.56 Å². The highest BCUT2D eigenvalue weighted by Crippen LogP contribution is 2.31. The van der Waals surface area contributed by atoms with Crippen LogP contribution in [0, 0.1) is 0 Å². The zero-order valence-electron chi connectivity index (χ0n) is 13.7. The number of ether oxygens (including phenoxy) is 2. The molecule has 3 rings (SSSR count). The highest BCUT2D eigenvalue weighted by Gasteiger charge is 2.36. The van der Waals surface area contributed by atoms with E-state index in [1.54, 1.807) is 4.90 Å². The van der Waals surface area contributed by atoms with Gasteiger partial charge in [0.25, 0.3) is 5.91 Å². The minimum Gasteiger partial charge on any atom is -0.480 e. The molecular formula is C17H20N4O3. The van der Waals surface area contributed by atoms with Gasteiger partial charge in [0.2, 0.25) is 11.8 Å². The maximum absolute atomic E-state index is 13.0. The molecule has 7 heteroatoms. The number of benzene rings is 1. The van der Waals surface area contributed by atoms with Crippen LogP contribution in [0.25, 0.3) is 0 Å². The van der Waals surface area contributed by atoms with Crippen LogP contribution in [0.4, 0.5) is 0 Å². The van der Waals surface area contributed by atoms with Crippen molar-refractivity contribution in [2.75, 3.05) is 27.3 Å². The molecule has 7 nitrogen and oxygen atoms in total. The Balaban J connectivity index is 1.87. The Labute approximate surface area is 140 Å². The number of nitrogens with two attached hydrogens (primary N) is 1. The number of rotatable bonds is 4. The van der Waals surface area contributed by atoms with Crippen molar-refractivity contribution >= 4 is 5.91 Å². The minimum atomic E-state index is -0.238. The van der Waals surface area contributed by atoms with E-state index in [1.165, 1.54) is 20.5 Å². The summed E-state index contributed by atoms with van der Waals surface area (Å²) in [4.78, 5) is 22.7. The van der Waals surface area contributed by atoms with Gasteiger partial charge in [0.05, 0.1) is 14.2 Å². The average molecular weight is 328 g/mol. The fourth-order valence-electron chi connectivity index (χ4n) is 3.05. The first-order chi connectivity index (χ1) is 11.7. The van der Waals surface area contributed by atoms with Gasteiger partial charge in [0, 0.05) is 25.0 Å². The minimum absolute atomic E-state index is 0.0942. The van der Waals surface area contributed by atoms with Gasteiger partial charge in [-0.2, -0.15) is 0 Å². The summed E-state index contributed by atoms with van der Waals surface area (Å²) in [5.41, 5.74) is 7.62. The first-order valence-electron chi connectivity index (χ1n) is 7.68. The molecule has 0 spiro atoms. The van der Waals surface area contributed by atoms with Gasteiger partial charge in [0.15, 0.2) is 5.56 Å². The van der Waals surface area contributed by atoms with E-state index in [0.717, 1.165) is 5.56 Å². The summed E-state index contributed by atoms with van der Waals surface area (Å²) in [6.07, 6.45) is 1.30. The molecule has 24 heavy (non-hydrogen) atoms. The van der Waals surface area contributed by atoms with Crippen LogP contribution in [0.5, 0.6) is 11.8 Å². The highest BCUT2D eigenvalue weighted by molar-refractivity contribution is 5.98. The second-order valence-electron chi connectivity index (χ2n) is 5.66. The summed E-state index contributed by atoms with van der Waals surface area (Å²) in [6.45, 7) is 0.991. The van der Waals surface area contributed by atoms with Crippen LogP contribution in [0.3, 0.4) is 0 Å². The van der Waals surface area contributed by atoms with Crippen molar-refractivity contribution in [2.45, 2.75) is 12.0 Å². The largest absolute Gasteiger partial charge is 0.480 e. The van der Waals surface area contributed by atoms with Crippen molar-refractivity contribution < 1.29 is 14.3 Å². The molecule has 2 aromatic rings. The standard InChI is InChI=1S/C17H20N4O3/c1-23-15-14(16(24-2)20-10-19-15)17(22)21-8-12(13(18)9-21)11-6-4-3-5-7-11/h3-7,10,12-13H,8-9,18H2,1-2H3/t12-,13+/m0/s1. The van der Waals surface area contributed by atoms with Crippen molar-refractivity contribution in [3.63, 3.8) is 0 Å². The van der Waals surface area contributed by atoms with Crippen LogP contribution in [0.1, 0.15) is 21.8 Å². The van der Waals surface area contributed by atoms with Crippen molar-refractivity contribution in [1.82, 2.24) is 14.9 Å². The number of methoxy groups -OCH3 is 2. The third kappa shape index (κ3) is 2.90. The Bertz CT molecular complexity index is 701. The molecule has 1 fully saturated rings. The molecular weight excluding hydrogens is 308 g/mol. The van der Waals surface area contributed by atoms with Gasteiger partial charge in [0.1, 0.15) is 6.33 Å². The number of nitrogens with zero attached hydrogens (tertiary/aromatic N) is 3. The first-order valence-corrected chi connectivity index (χ1v) is 7.68. The predicted molar refractivity (Wildman–Crippen MR) is 88.2 cm³/mol. The van der Waals surface area contributed by atoms with E-state index in [0.29, 0.717) is 13.1 Å². The Morgan fingerprint density at radius 1 is 1.12 bits per heavy atom. The summed E-state index contributed by atoms with van der Waals surface area (Å²) in [5, 5.41) is 0. The topological polar surface area (TPSA) is 90.6 Å². The number of carbonyl (C=O) groups excluding carboxylic acids is 1. The zero-order chi connectivity index (χ0) is 17.1. The zero-order valence-corrected chi connectivity index (χ0v) is 13.7. The Morgan fingerprint density at radius 2 is 1.75 bits per heavy atom. The summed E-state index contributed by atoms with van der Waals surface area (Å²) < 4.78 is 10.4. The molecule has 2 heterocycles. The van der Waals surface area contributed by atoms with Crippen molar-refractivity contribution in [2.24, 2.45) is 5.73 Å². The van der Waals surface area contributed by atoms with Crippen molar-refractivity contribution in [1.29, 1.82) is 0 Å². The van der Waals surface area contributed by atoms with E-state index in [4.69, 9.17) is 15.2 Å². The number of likely N-dealkylation sites (tertiary alicyclic amines) is 1. The fraction of sp³-hybridized carbons (Fsp3) is 0.353. The van der Waals surface area contributed by atoms with Crippen LogP contribution in [0.15, 0.2) is 36.7 Å². The third-order valence-electron chi connectivity index (χ3n) is 4.26. The summed E-state index contributed by atoms with van der Waals surface area (Å²) in [7, 11) is 2.92. The highest BCUT2D eigenvalue weighted by atomic mass is 16.5. The van der Waals surface area contributed by atoms with E-state index < -0.39 is 0 Å². The smallest absolute Gasteiger partial charge is 0.264 e. The molecule has 0 aliphatic carbocycles. The predicted octanol–water partition coefficient (Wildman–Crippen LogP) is 1.06. The maximum atomic E-state index is 13.0. The SMILES string of the molecule is COc1ncnc(OC)c1C(=O)N1C[C@@H](N)[C@H](c2ccccc2)C1. The molecule has 1 aromatic carbocycles. The van der Waals surface area contributed by atoms with E-state index >= 15 is 0 Å². The molecule has 1 aliphatic rings. The molecule has 2 atom stereocenters. The molecule has 1 amide bonds. The Kier molecular flexibility index (Phi) is 4.61. The van der Waals surface area contributed by atoms with E-state index in [2.05, 4.69) is 9.97 Å². The molecule has 2 N–H and O–H groups in total. The van der Waals surface area contributed by atoms with Gasteiger partial charge in [-0.3, -0.25) is 4.79 Å². The van der Waals surface area contributed by atoms with Gasteiger partial charge in [-0.1, -0.05) is 30.3 Å². The molecule has 1 aliphatic heterocycles. The second-order valence-corrected chi connectivity index (χ2v) is 5.66. The molecule has 0 unspecified atom stereocenters. The summed E-state index contributed by atoms with van der Waals surface area (Å²) in [5.74, 6) is 0.252. The number of carbonyl (C=O) groups is 1. The molecule has 1 saturated heterocycles. The van der Waals surface area contributed by atoms with Crippen LogP contribution in [0.2, 0.25) is 0 Å². The number of hydrogen-bond acceptors (Lipinski definition) is 6. The monoisotopic (exact) mass is 328 g/mol. The number of aromatic nitrogens is 2. The quantitative estimate of drug-likeness (QED) is 0.902. The lowest BCUT2D eigenvalue weighted by Gasteiger charge is -2.18. The van der Waals surface area contributed by atoms with Crippen LogP contribution < -0.4 is 15.2 Å². The van der Waals surface area contributed by atoms with Gasteiger partial charge in [-0.25, -0.2) is 9.97 Å². The Morgan fingerprint density at radius 3 is 2.33 bits per heavy atom. The molecule has 0 saturated carbocycles. The molecule has 1 aromatic heterocycles. The van der Waals surface area contributed by atoms with Crippen molar-refractivity contribution in [3.05, 3.63) is 47.8 Å². The van der Waals surface area contributed by atoms with Crippen molar-refractivity contribution in [3.8, 4) is 11.8 Å². The molecule has 126 valence electrons. The fourth-order valence-corrected chi connectivity index (χ4v) is 3.05. The normalized spacial score (nSPS) is 20.0. The lowest BCUT2D eigenvalue weighted by molar-refractivity contribution is 0.0780. The van der Waals surface area contributed by atoms with Crippen LogP contribution >= 0.6 is 0 Å². The lowest BCUT2D eigenvalue weighted by Crippen LogP contribution is -2.32. The van der Waals surface area contributed by atoms with E-state index in [-0.39, 0.29) is 35.2 Å². The molecule has 0 radical (unpaired) electrons.